The molecule has 0 saturated heterocycles. The van der Waals surface area contributed by atoms with Crippen molar-refractivity contribution in [2.45, 2.75) is 58.8 Å². The summed E-state index contributed by atoms with van der Waals surface area (Å²) < 4.78 is 25.5. The lowest BCUT2D eigenvalue weighted by Gasteiger charge is -2.48. The van der Waals surface area contributed by atoms with Crippen LogP contribution in [0.25, 0.3) is 0 Å². The van der Waals surface area contributed by atoms with Gasteiger partial charge in [-0.05, 0) is 17.8 Å². The Kier molecular flexibility index (Phi) is 2.98. The van der Waals surface area contributed by atoms with Gasteiger partial charge in [-0.3, -0.25) is 0 Å². The van der Waals surface area contributed by atoms with Crippen molar-refractivity contribution in [3.05, 3.63) is 0 Å². The van der Waals surface area contributed by atoms with Crippen LogP contribution in [0.2, 0.25) is 0 Å². The summed E-state index contributed by atoms with van der Waals surface area (Å²) in [5.41, 5.74) is -0.0288. The monoisotopic (exact) mass is 190 g/mol. The third kappa shape index (κ3) is 2.41. The summed E-state index contributed by atoms with van der Waals surface area (Å²) >= 11 is 0. The summed E-state index contributed by atoms with van der Waals surface area (Å²) in [5, 5.41) is 0. The van der Waals surface area contributed by atoms with E-state index in [-0.39, 0.29) is 18.3 Å². The van der Waals surface area contributed by atoms with Crippen molar-refractivity contribution in [3.63, 3.8) is 0 Å². The van der Waals surface area contributed by atoms with Crippen molar-refractivity contribution in [2.75, 3.05) is 0 Å². The maximum Gasteiger partial charge on any atom is 0.249 e. The molecule has 1 rings (SSSR count). The molecule has 0 amide bonds. The van der Waals surface area contributed by atoms with E-state index in [1.807, 2.05) is 6.92 Å². The zero-order valence-corrected chi connectivity index (χ0v) is 8.87. The SMILES string of the molecule is CCC(C)CC1(CC)CC(F)(F)C1. The molecule has 0 nitrogen and oxygen atoms in total. The normalized spacial score (nSPS) is 26.5. The van der Waals surface area contributed by atoms with Crippen molar-refractivity contribution in [1.82, 2.24) is 0 Å². The van der Waals surface area contributed by atoms with E-state index in [1.54, 1.807) is 0 Å². The van der Waals surface area contributed by atoms with Gasteiger partial charge in [0.05, 0.1) is 0 Å². The molecule has 0 heterocycles. The first-order valence-electron chi connectivity index (χ1n) is 5.31. The van der Waals surface area contributed by atoms with E-state index < -0.39 is 5.92 Å². The molecule has 0 aliphatic heterocycles. The third-order valence-corrected chi connectivity index (χ3v) is 3.50. The molecule has 2 heteroatoms. The maximum atomic E-state index is 12.8. The van der Waals surface area contributed by atoms with Gasteiger partial charge in [0.2, 0.25) is 5.92 Å². The molecule has 0 aromatic rings. The van der Waals surface area contributed by atoms with E-state index in [0.717, 1.165) is 19.3 Å². The van der Waals surface area contributed by atoms with Gasteiger partial charge in [0.25, 0.3) is 0 Å². The Morgan fingerprint density at radius 2 is 1.77 bits per heavy atom. The molecule has 0 aromatic heterocycles. The Balaban J connectivity index is 2.46. The Bertz CT molecular complexity index is 167. The third-order valence-electron chi connectivity index (χ3n) is 3.50. The summed E-state index contributed by atoms with van der Waals surface area (Å²) in [6.45, 7) is 6.33. The van der Waals surface area contributed by atoms with E-state index in [4.69, 9.17) is 0 Å². The van der Waals surface area contributed by atoms with Gasteiger partial charge in [-0.15, -0.1) is 0 Å². The molecular weight excluding hydrogens is 170 g/mol. The lowest BCUT2D eigenvalue weighted by atomic mass is 9.60. The van der Waals surface area contributed by atoms with E-state index in [9.17, 15) is 8.78 Å². The molecule has 1 fully saturated rings. The number of alkyl halides is 2. The number of hydrogen-bond donors (Lipinski definition) is 0. The average Bonchev–Trinajstić information content (AvgIpc) is 2.00. The second kappa shape index (κ2) is 3.55. The lowest BCUT2D eigenvalue weighted by molar-refractivity contribution is -0.169. The van der Waals surface area contributed by atoms with Crippen LogP contribution in [-0.4, -0.2) is 5.92 Å². The highest BCUT2D eigenvalue weighted by Gasteiger charge is 2.55. The molecule has 13 heavy (non-hydrogen) atoms. The van der Waals surface area contributed by atoms with Crippen LogP contribution in [0.15, 0.2) is 0 Å². The van der Waals surface area contributed by atoms with Gasteiger partial charge in [-0.25, -0.2) is 8.78 Å². The summed E-state index contributed by atoms with van der Waals surface area (Å²) in [6.07, 6.45) is 3.25. The van der Waals surface area contributed by atoms with E-state index in [2.05, 4.69) is 13.8 Å². The zero-order chi connectivity index (χ0) is 10.1. The summed E-state index contributed by atoms with van der Waals surface area (Å²) in [7, 11) is 0. The lowest BCUT2D eigenvalue weighted by Crippen LogP contribution is -2.46. The Morgan fingerprint density at radius 3 is 2.08 bits per heavy atom. The van der Waals surface area contributed by atoms with Crippen molar-refractivity contribution in [2.24, 2.45) is 11.3 Å². The predicted octanol–water partition coefficient (Wildman–Crippen LogP) is 4.25. The van der Waals surface area contributed by atoms with Crippen LogP contribution >= 0.6 is 0 Å². The molecule has 0 N–H and O–H groups in total. The van der Waals surface area contributed by atoms with Gasteiger partial charge in [-0.2, -0.15) is 0 Å². The molecule has 0 spiro atoms. The average molecular weight is 190 g/mol. The highest BCUT2D eigenvalue weighted by atomic mass is 19.3. The fourth-order valence-electron chi connectivity index (χ4n) is 2.47. The van der Waals surface area contributed by atoms with Crippen LogP contribution in [0.5, 0.6) is 0 Å². The van der Waals surface area contributed by atoms with Crippen molar-refractivity contribution in [1.29, 1.82) is 0 Å². The van der Waals surface area contributed by atoms with Crippen LogP contribution in [0.4, 0.5) is 8.78 Å². The first-order valence-corrected chi connectivity index (χ1v) is 5.31. The molecule has 1 aliphatic rings. The Hall–Kier alpha value is -0.140. The Morgan fingerprint density at radius 1 is 1.23 bits per heavy atom. The first kappa shape index (κ1) is 10.9. The Labute approximate surface area is 79.7 Å². The molecule has 0 aromatic carbocycles. The number of rotatable bonds is 4. The zero-order valence-electron chi connectivity index (χ0n) is 8.87. The smallest absolute Gasteiger partial charge is 0.207 e. The second-order valence-corrected chi connectivity index (χ2v) is 4.78. The molecule has 0 bridgehead atoms. The second-order valence-electron chi connectivity index (χ2n) is 4.78. The van der Waals surface area contributed by atoms with Crippen molar-refractivity contribution < 1.29 is 8.78 Å². The minimum Gasteiger partial charge on any atom is -0.207 e. The number of hydrogen-bond acceptors (Lipinski definition) is 0. The topological polar surface area (TPSA) is 0 Å². The van der Waals surface area contributed by atoms with Gasteiger partial charge in [0, 0.05) is 12.8 Å². The van der Waals surface area contributed by atoms with Crippen LogP contribution in [0, 0.1) is 11.3 Å². The molecule has 78 valence electrons. The molecular formula is C11H20F2. The van der Waals surface area contributed by atoms with Gasteiger partial charge in [-0.1, -0.05) is 33.6 Å². The first-order chi connectivity index (χ1) is 5.93. The van der Waals surface area contributed by atoms with E-state index in [1.165, 1.54) is 0 Å². The van der Waals surface area contributed by atoms with E-state index >= 15 is 0 Å². The molecule has 1 atom stereocenters. The number of halogens is 2. The van der Waals surface area contributed by atoms with Crippen LogP contribution in [0.1, 0.15) is 52.9 Å². The van der Waals surface area contributed by atoms with Crippen LogP contribution < -0.4 is 0 Å². The van der Waals surface area contributed by atoms with Gasteiger partial charge in [0.15, 0.2) is 0 Å². The van der Waals surface area contributed by atoms with Crippen molar-refractivity contribution >= 4 is 0 Å². The quantitative estimate of drug-likeness (QED) is 0.621. The summed E-state index contributed by atoms with van der Waals surface area (Å²) in [6, 6.07) is 0. The van der Waals surface area contributed by atoms with Crippen molar-refractivity contribution in [3.8, 4) is 0 Å². The fourth-order valence-corrected chi connectivity index (χ4v) is 2.47. The fraction of sp³-hybridized carbons (Fsp3) is 1.00. The summed E-state index contributed by atoms with van der Waals surface area (Å²) in [4.78, 5) is 0. The molecule has 1 unspecified atom stereocenters. The minimum absolute atomic E-state index is 0.0288. The van der Waals surface area contributed by atoms with Gasteiger partial charge < -0.3 is 0 Å². The molecule has 1 saturated carbocycles. The molecule has 1 aliphatic carbocycles. The highest BCUT2D eigenvalue weighted by molar-refractivity contribution is 4.98. The van der Waals surface area contributed by atoms with E-state index in [0.29, 0.717) is 5.92 Å². The standard InChI is InChI=1S/C11H20F2/c1-4-9(3)6-10(5-2)7-11(12,13)8-10/h9H,4-8H2,1-3H3. The van der Waals surface area contributed by atoms with Crippen LogP contribution in [0.3, 0.4) is 0 Å². The van der Waals surface area contributed by atoms with Gasteiger partial charge >= 0.3 is 0 Å². The van der Waals surface area contributed by atoms with Gasteiger partial charge in [0.1, 0.15) is 0 Å². The summed E-state index contributed by atoms with van der Waals surface area (Å²) in [5.74, 6) is -1.76. The minimum atomic E-state index is -2.36. The molecule has 0 radical (unpaired) electrons. The predicted molar refractivity (Wildman–Crippen MR) is 51.0 cm³/mol. The maximum absolute atomic E-state index is 12.8. The largest absolute Gasteiger partial charge is 0.249 e. The highest BCUT2D eigenvalue weighted by Crippen LogP contribution is 2.57. The van der Waals surface area contributed by atoms with Crippen LogP contribution in [-0.2, 0) is 0 Å².